The van der Waals surface area contributed by atoms with Gasteiger partial charge in [-0.3, -0.25) is 14.4 Å². The van der Waals surface area contributed by atoms with Crippen molar-refractivity contribution < 1.29 is 28.6 Å². The van der Waals surface area contributed by atoms with Gasteiger partial charge in [0.05, 0.1) is 11.4 Å². The number of amides is 1. The van der Waals surface area contributed by atoms with Crippen LogP contribution in [0.25, 0.3) is 0 Å². The number of ketones is 1. The molecule has 1 amide bonds. The summed E-state index contributed by atoms with van der Waals surface area (Å²) < 4.78 is 18.9. The number of fused-ring (bicyclic) bond motifs is 1. The number of esters is 1. The van der Waals surface area contributed by atoms with E-state index in [1.54, 1.807) is 12.1 Å². The van der Waals surface area contributed by atoms with Crippen LogP contribution in [0.3, 0.4) is 0 Å². The number of ether oxygens (including phenoxy) is 3. The molecule has 2 aromatic heterocycles. The van der Waals surface area contributed by atoms with Gasteiger partial charge in [0.15, 0.2) is 24.2 Å². The first-order valence-electron chi connectivity index (χ1n) is 10.9. The summed E-state index contributed by atoms with van der Waals surface area (Å²) in [6.07, 6.45) is -0.198. The summed E-state index contributed by atoms with van der Waals surface area (Å²) in [4.78, 5) is 38.3. The Labute approximate surface area is 201 Å². The molecule has 1 atom stereocenters. The molecule has 1 aliphatic heterocycles. The number of nitrogens with zero attached hydrogens (tertiary/aromatic N) is 1. The Bertz CT molecular complexity index is 1230. The highest BCUT2D eigenvalue weighted by Gasteiger charge is 2.24. The van der Waals surface area contributed by atoms with Crippen LogP contribution in [0.15, 0.2) is 42.5 Å². The summed E-state index contributed by atoms with van der Waals surface area (Å²) >= 11 is 1.34. The highest BCUT2D eigenvalue weighted by Crippen LogP contribution is 2.31. The van der Waals surface area contributed by atoms with Crippen molar-refractivity contribution in [2.24, 2.45) is 0 Å². The van der Waals surface area contributed by atoms with Gasteiger partial charge in [-0.05, 0) is 51.1 Å². The Hall–Kier alpha value is -3.59. The molecule has 0 bridgehead atoms. The molecule has 1 N–H and O–H groups in total. The van der Waals surface area contributed by atoms with Crippen molar-refractivity contribution >= 4 is 29.0 Å². The van der Waals surface area contributed by atoms with E-state index in [0.717, 1.165) is 22.0 Å². The largest absolute Gasteiger partial charge is 0.486 e. The van der Waals surface area contributed by atoms with Crippen molar-refractivity contribution in [3.05, 3.63) is 69.2 Å². The fraction of sp³-hybridized carbons (Fsp3) is 0.320. The normalized spacial score (nSPS) is 14.5. The molecule has 0 radical (unpaired) electrons. The van der Waals surface area contributed by atoms with Crippen LogP contribution in [0.2, 0.25) is 0 Å². The molecule has 0 spiro atoms. The maximum atomic E-state index is 12.7. The number of para-hydroxylation sites is 2. The molecule has 0 saturated heterocycles. The smallest absolute Gasteiger partial charge is 0.325 e. The van der Waals surface area contributed by atoms with E-state index in [4.69, 9.17) is 14.2 Å². The lowest BCUT2D eigenvalue weighted by Crippen LogP contribution is -2.33. The van der Waals surface area contributed by atoms with Gasteiger partial charge in [0, 0.05) is 21.8 Å². The molecule has 3 heterocycles. The van der Waals surface area contributed by atoms with Gasteiger partial charge in [0.2, 0.25) is 5.78 Å². The predicted molar refractivity (Wildman–Crippen MR) is 127 cm³/mol. The van der Waals surface area contributed by atoms with Crippen LogP contribution in [0, 0.1) is 20.8 Å². The van der Waals surface area contributed by atoms with Crippen LogP contribution in [-0.4, -0.2) is 48.1 Å². The zero-order valence-corrected chi connectivity index (χ0v) is 20.1. The fourth-order valence-electron chi connectivity index (χ4n) is 3.79. The molecule has 3 aromatic rings. The molecule has 1 aromatic carbocycles. The molecule has 8 nitrogen and oxygen atoms in total. The number of benzene rings is 1. The van der Waals surface area contributed by atoms with Gasteiger partial charge in [-0.15, -0.1) is 11.3 Å². The lowest BCUT2D eigenvalue weighted by Gasteiger charge is -2.27. The minimum absolute atomic E-state index is 0.198. The fourth-order valence-corrected chi connectivity index (χ4v) is 4.58. The van der Waals surface area contributed by atoms with Crippen LogP contribution in [0.5, 0.6) is 11.5 Å². The number of thiophene rings is 1. The van der Waals surface area contributed by atoms with Crippen LogP contribution in [-0.2, 0) is 16.1 Å². The molecule has 0 saturated carbocycles. The van der Waals surface area contributed by atoms with Crippen LogP contribution in [0.4, 0.5) is 0 Å². The minimum atomic E-state index is -0.671. The number of carbonyl (C=O) groups is 3. The maximum Gasteiger partial charge on any atom is 0.325 e. The molecule has 9 heteroatoms. The second kappa shape index (κ2) is 10.1. The minimum Gasteiger partial charge on any atom is -0.486 e. The van der Waals surface area contributed by atoms with E-state index in [9.17, 15) is 14.4 Å². The Morgan fingerprint density at radius 3 is 2.62 bits per heavy atom. The predicted octanol–water partition coefficient (Wildman–Crippen LogP) is 3.47. The molecule has 178 valence electrons. The summed E-state index contributed by atoms with van der Waals surface area (Å²) in [5.41, 5.74) is 2.15. The molecule has 34 heavy (non-hydrogen) atoms. The lowest BCUT2D eigenvalue weighted by atomic mass is 10.1. The number of hydrogen-bond acceptors (Lipinski definition) is 7. The summed E-state index contributed by atoms with van der Waals surface area (Å²) in [6, 6.07) is 12.8. The van der Waals surface area contributed by atoms with Gasteiger partial charge in [-0.25, -0.2) is 0 Å². The van der Waals surface area contributed by atoms with Crippen LogP contribution < -0.4 is 14.8 Å². The first kappa shape index (κ1) is 23.6. The summed E-state index contributed by atoms with van der Waals surface area (Å²) in [6.45, 7) is 5.89. The van der Waals surface area contributed by atoms with Crippen molar-refractivity contribution in [1.29, 1.82) is 0 Å². The van der Waals surface area contributed by atoms with Gasteiger partial charge >= 0.3 is 5.97 Å². The quantitative estimate of drug-likeness (QED) is 0.390. The van der Waals surface area contributed by atoms with Crippen molar-refractivity contribution in [3.8, 4) is 11.5 Å². The van der Waals surface area contributed by atoms with Gasteiger partial charge in [0.1, 0.15) is 13.2 Å². The standard InChI is InChI=1S/C25H26N2O6S/c1-15-10-19(17(3)27(15)12-18-13-31-21-6-4-5-7-22(21)33-18)20(28)14-32-24(29)11-26-25(30)23-9-8-16(2)34-23/h4-10,18H,11-14H2,1-3H3,(H,26,30). The number of hydrogen-bond donors (Lipinski definition) is 1. The number of nitrogens with one attached hydrogen (secondary N) is 1. The Balaban J connectivity index is 1.30. The first-order chi connectivity index (χ1) is 16.3. The lowest BCUT2D eigenvalue weighted by molar-refractivity contribution is -0.141. The second-order valence-electron chi connectivity index (χ2n) is 8.07. The summed E-state index contributed by atoms with van der Waals surface area (Å²) in [5, 5.41) is 2.51. The monoisotopic (exact) mass is 482 g/mol. The van der Waals surface area contributed by atoms with Gasteiger partial charge in [-0.1, -0.05) is 12.1 Å². The van der Waals surface area contributed by atoms with Crippen LogP contribution in [0.1, 0.15) is 36.3 Å². The number of aryl methyl sites for hydroxylation is 2. The molecule has 0 fully saturated rings. The molecule has 1 unspecified atom stereocenters. The van der Waals surface area contributed by atoms with Crippen LogP contribution >= 0.6 is 11.3 Å². The van der Waals surface area contributed by atoms with Crippen molar-refractivity contribution in [1.82, 2.24) is 9.88 Å². The first-order valence-corrected chi connectivity index (χ1v) is 11.7. The van der Waals surface area contributed by atoms with Gasteiger partial charge in [0.25, 0.3) is 5.91 Å². The van der Waals surface area contributed by atoms with E-state index >= 15 is 0 Å². The highest BCUT2D eigenvalue weighted by molar-refractivity contribution is 7.13. The third-order valence-corrected chi connectivity index (χ3v) is 6.55. The second-order valence-corrected chi connectivity index (χ2v) is 9.36. The third kappa shape index (κ3) is 5.31. The summed E-state index contributed by atoms with van der Waals surface area (Å²) in [5.74, 6) is 0.0977. The van der Waals surface area contributed by atoms with E-state index in [1.165, 1.54) is 11.3 Å². The van der Waals surface area contributed by atoms with E-state index in [2.05, 4.69) is 5.32 Å². The van der Waals surface area contributed by atoms with E-state index in [-0.39, 0.29) is 24.3 Å². The Morgan fingerprint density at radius 2 is 1.88 bits per heavy atom. The number of Topliss-reactive ketones (excluding diaryl/α,β-unsaturated/α-hetero) is 1. The maximum absolute atomic E-state index is 12.7. The zero-order valence-electron chi connectivity index (χ0n) is 19.3. The van der Waals surface area contributed by atoms with E-state index < -0.39 is 12.6 Å². The van der Waals surface area contributed by atoms with Crippen molar-refractivity contribution in [2.45, 2.75) is 33.4 Å². The number of rotatable bonds is 8. The highest BCUT2D eigenvalue weighted by atomic mass is 32.1. The number of aromatic nitrogens is 1. The Kier molecular flexibility index (Phi) is 7.02. The average molecular weight is 483 g/mol. The Morgan fingerprint density at radius 1 is 1.12 bits per heavy atom. The molecule has 4 rings (SSSR count). The third-order valence-electron chi connectivity index (χ3n) is 5.55. The average Bonchev–Trinajstić information content (AvgIpc) is 3.39. The van der Waals surface area contributed by atoms with E-state index in [1.807, 2.05) is 55.7 Å². The van der Waals surface area contributed by atoms with Crippen molar-refractivity contribution in [3.63, 3.8) is 0 Å². The molecular weight excluding hydrogens is 456 g/mol. The molecular formula is C25H26N2O6S. The topological polar surface area (TPSA) is 95.9 Å². The van der Waals surface area contributed by atoms with E-state index in [0.29, 0.717) is 29.3 Å². The van der Waals surface area contributed by atoms with Gasteiger partial charge in [-0.2, -0.15) is 0 Å². The molecule has 0 aliphatic carbocycles. The SMILES string of the molecule is Cc1ccc(C(=O)NCC(=O)OCC(=O)c2cc(C)n(CC3COc4ccccc4O3)c2C)s1. The van der Waals surface area contributed by atoms with Crippen molar-refractivity contribution in [2.75, 3.05) is 19.8 Å². The number of carbonyl (C=O) groups excluding carboxylic acids is 3. The van der Waals surface area contributed by atoms with Gasteiger partial charge < -0.3 is 24.1 Å². The zero-order chi connectivity index (χ0) is 24.2. The summed E-state index contributed by atoms with van der Waals surface area (Å²) in [7, 11) is 0. The molecule has 1 aliphatic rings.